The second-order valence-corrected chi connectivity index (χ2v) is 3.21. The van der Waals surface area contributed by atoms with E-state index in [2.05, 4.69) is 11.3 Å². The van der Waals surface area contributed by atoms with Gasteiger partial charge in [-0.15, -0.1) is 0 Å². The van der Waals surface area contributed by atoms with Crippen molar-refractivity contribution in [1.82, 2.24) is 0 Å². The maximum Gasteiger partial charge on any atom is 0.337 e. The highest BCUT2D eigenvalue weighted by atomic mass is 16.6. The van der Waals surface area contributed by atoms with E-state index in [0.717, 1.165) is 13.0 Å². The summed E-state index contributed by atoms with van der Waals surface area (Å²) in [6, 6.07) is 0. The molecule has 0 atom stereocenters. The molecule has 0 saturated heterocycles. The van der Waals surface area contributed by atoms with Crippen LogP contribution in [-0.2, 0) is 14.3 Å². The highest BCUT2D eigenvalue weighted by molar-refractivity contribution is 5.90. The fourth-order valence-electron chi connectivity index (χ4n) is 0.804. The average molecular weight is 248 g/mol. The Morgan fingerprint density at radius 3 is 2.06 bits per heavy atom. The largest absolute Gasteiger partial charge is 0.396 e. The molecule has 17 heavy (non-hydrogen) atoms. The highest BCUT2D eigenvalue weighted by Gasteiger charge is 2.03. The highest BCUT2D eigenvalue weighted by Crippen LogP contribution is 2.02. The molecule has 3 N–H and O–H groups in total. The lowest BCUT2D eigenvalue weighted by Crippen LogP contribution is -2.11. The summed E-state index contributed by atoms with van der Waals surface area (Å²) >= 11 is 0. The smallest absolute Gasteiger partial charge is 0.337 e. The van der Waals surface area contributed by atoms with Crippen molar-refractivity contribution in [2.75, 3.05) is 19.8 Å². The Labute approximate surface area is 101 Å². The molecule has 0 bridgehead atoms. The lowest BCUT2D eigenvalue weighted by molar-refractivity contribution is -0.154. The fraction of sp³-hybridized carbons (Fsp3) is 0.636. The lowest BCUT2D eigenvalue weighted by atomic mass is 10.1. The van der Waals surface area contributed by atoms with Crippen molar-refractivity contribution in [3.63, 3.8) is 0 Å². The second-order valence-electron chi connectivity index (χ2n) is 3.21. The number of aliphatic hydroxyl groups is 3. The van der Waals surface area contributed by atoms with Gasteiger partial charge in [-0.1, -0.05) is 6.58 Å². The minimum Gasteiger partial charge on any atom is -0.396 e. The van der Waals surface area contributed by atoms with Crippen LogP contribution < -0.4 is 0 Å². The van der Waals surface area contributed by atoms with E-state index in [4.69, 9.17) is 15.3 Å². The van der Waals surface area contributed by atoms with E-state index in [1.807, 2.05) is 0 Å². The summed E-state index contributed by atoms with van der Waals surface area (Å²) in [5.41, 5.74) is 0. The summed E-state index contributed by atoms with van der Waals surface area (Å²) in [5, 5.41) is 25.4. The SMILES string of the molecule is C=CC(=O)OC(C)=O.OCCCC(CO)CO. The Morgan fingerprint density at radius 2 is 1.82 bits per heavy atom. The number of aliphatic hydroxyl groups excluding tert-OH is 3. The van der Waals surface area contributed by atoms with Crippen molar-refractivity contribution in [1.29, 1.82) is 0 Å². The molecule has 0 radical (unpaired) electrons. The molecule has 0 aliphatic rings. The Morgan fingerprint density at radius 1 is 1.29 bits per heavy atom. The van der Waals surface area contributed by atoms with E-state index in [1.165, 1.54) is 0 Å². The van der Waals surface area contributed by atoms with Crippen LogP contribution in [0.4, 0.5) is 0 Å². The van der Waals surface area contributed by atoms with Crippen molar-refractivity contribution in [2.24, 2.45) is 5.92 Å². The molecule has 0 unspecified atom stereocenters. The molecule has 0 aromatic carbocycles. The summed E-state index contributed by atoms with van der Waals surface area (Å²) < 4.78 is 4.00. The zero-order valence-corrected chi connectivity index (χ0v) is 9.96. The minimum absolute atomic E-state index is 0.0104. The maximum absolute atomic E-state index is 10.1. The predicted octanol–water partition coefficient (Wildman–Crippen LogP) is -0.378. The van der Waals surface area contributed by atoms with E-state index in [1.54, 1.807) is 0 Å². The Hall–Kier alpha value is -1.24. The number of carbonyl (C=O) groups excluding carboxylic acids is 2. The van der Waals surface area contributed by atoms with Crippen molar-refractivity contribution in [3.8, 4) is 0 Å². The second kappa shape index (κ2) is 12.8. The minimum atomic E-state index is -0.711. The van der Waals surface area contributed by atoms with Gasteiger partial charge in [0, 0.05) is 38.7 Å². The van der Waals surface area contributed by atoms with Crippen LogP contribution in [0.25, 0.3) is 0 Å². The normalized spacial score (nSPS) is 9.24. The third-order valence-corrected chi connectivity index (χ3v) is 1.70. The number of ether oxygens (including phenoxy) is 1. The molecule has 0 fully saturated rings. The van der Waals surface area contributed by atoms with Gasteiger partial charge in [0.05, 0.1) is 0 Å². The van der Waals surface area contributed by atoms with E-state index < -0.39 is 11.9 Å². The molecule has 0 spiro atoms. The quantitative estimate of drug-likeness (QED) is 0.336. The van der Waals surface area contributed by atoms with Crippen LogP contribution in [0.5, 0.6) is 0 Å². The van der Waals surface area contributed by atoms with Crippen molar-refractivity contribution in [2.45, 2.75) is 19.8 Å². The monoisotopic (exact) mass is 248 g/mol. The van der Waals surface area contributed by atoms with Crippen molar-refractivity contribution >= 4 is 11.9 Å². The van der Waals surface area contributed by atoms with E-state index in [9.17, 15) is 9.59 Å². The molecule has 0 aliphatic heterocycles. The Bertz CT molecular complexity index is 222. The first-order valence-electron chi connectivity index (χ1n) is 5.19. The summed E-state index contributed by atoms with van der Waals surface area (Å²) in [7, 11) is 0. The lowest BCUT2D eigenvalue weighted by Gasteiger charge is -2.07. The summed E-state index contributed by atoms with van der Waals surface area (Å²) in [6.07, 6.45) is 2.29. The predicted molar refractivity (Wildman–Crippen MR) is 61.0 cm³/mol. The zero-order chi connectivity index (χ0) is 13.7. The summed E-state index contributed by atoms with van der Waals surface area (Å²) in [6.45, 7) is 4.40. The van der Waals surface area contributed by atoms with Gasteiger partial charge in [0.2, 0.25) is 0 Å². The van der Waals surface area contributed by atoms with Gasteiger partial charge >= 0.3 is 11.9 Å². The van der Waals surface area contributed by atoms with Gasteiger partial charge in [-0.3, -0.25) is 4.79 Å². The van der Waals surface area contributed by atoms with Crippen LogP contribution in [-0.4, -0.2) is 47.1 Å². The van der Waals surface area contributed by atoms with Crippen molar-refractivity contribution < 1.29 is 29.6 Å². The molecule has 100 valence electrons. The molecular formula is C11H20O6. The molecular weight excluding hydrogens is 228 g/mol. The molecule has 0 aromatic rings. The number of carbonyl (C=O) groups is 2. The van der Waals surface area contributed by atoms with Crippen LogP contribution in [0.3, 0.4) is 0 Å². The number of hydrogen-bond donors (Lipinski definition) is 3. The van der Waals surface area contributed by atoms with Crippen LogP contribution in [0, 0.1) is 5.92 Å². The van der Waals surface area contributed by atoms with Crippen LogP contribution >= 0.6 is 0 Å². The van der Waals surface area contributed by atoms with Crippen LogP contribution in [0.15, 0.2) is 12.7 Å². The van der Waals surface area contributed by atoms with Gasteiger partial charge in [0.1, 0.15) is 0 Å². The summed E-state index contributed by atoms with van der Waals surface area (Å²) in [5.74, 6) is -1.37. The van der Waals surface area contributed by atoms with Gasteiger partial charge in [0.25, 0.3) is 0 Å². The molecule has 0 aromatic heterocycles. The molecule has 6 heteroatoms. The number of hydrogen-bond acceptors (Lipinski definition) is 6. The first-order chi connectivity index (χ1) is 8.01. The standard InChI is InChI=1S/C6H14O3.C5H6O3/c7-3-1-2-6(4-8)5-9;1-3-5(7)8-4(2)6/h6-9H,1-5H2;3H,1H2,2H3. The number of esters is 2. The topological polar surface area (TPSA) is 104 Å². The Balaban J connectivity index is 0. The van der Waals surface area contributed by atoms with Gasteiger partial charge in [-0.25, -0.2) is 4.79 Å². The summed E-state index contributed by atoms with van der Waals surface area (Å²) in [4.78, 5) is 20.0. The van der Waals surface area contributed by atoms with Crippen LogP contribution in [0.2, 0.25) is 0 Å². The Kier molecular flexibility index (Phi) is 13.7. The van der Waals surface area contributed by atoms with Crippen LogP contribution in [0.1, 0.15) is 19.8 Å². The van der Waals surface area contributed by atoms with E-state index >= 15 is 0 Å². The fourth-order valence-corrected chi connectivity index (χ4v) is 0.804. The third-order valence-electron chi connectivity index (χ3n) is 1.70. The first-order valence-corrected chi connectivity index (χ1v) is 5.19. The van der Waals surface area contributed by atoms with E-state index in [-0.39, 0.29) is 25.7 Å². The molecule has 0 aliphatic carbocycles. The molecule has 0 rings (SSSR count). The first kappa shape index (κ1) is 18.1. The molecule has 0 amide bonds. The molecule has 0 heterocycles. The number of rotatable bonds is 6. The van der Waals surface area contributed by atoms with Gasteiger partial charge in [-0.2, -0.15) is 0 Å². The average Bonchev–Trinajstić information content (AvgIpc) is 2.30. The van der Waals surface area contributed by atoms with Crippen molar-refractivity contribution in [3.05, 3.63) is 12.7 Å². The van der Waals surface area contributed by atoms with Gasteiger partial charge in [0.15, 0.2) is 0 Å². The molecule has 6 nitrogen and oxygen atoms in total. The van der Waals surface area contributed by atoms with Gasteiger partial charge in [-0.05, 0) is 12.8 Å². The third kappa shape index (κ3) is 14.8. The molecule has 0 saturated carbocycles. The van der Waals surface area contributed by atoms with Gasteiger partial charge < -0.3 is 20.1 Å². The van der Waals surface area contributed by atoms with E-state index in [0.29, 0.717) is 12.8 Å². The zero-order valence-electron chi connectivity index (χ0n) is 9.96. The maximum atomic E-state index is 10.1.